The van der Waals surface area contributed by atoms with Crippen molar-refractivity contribution in [3.63, 3.8) is 0 Å². The molecule has 0 radical (unpaired) electrons. The fourth-order valence-electron chi connectivity index (χ4n) is 2.51. The molecule has 1 saturated heterocycles. The lowest BCUT2D eigenvalue weighted by Crippen LogP contribution is -2.24. The van der Waals surface area contributed by atoms with Gasteiger partial charge in [0, 0.05) is 12.3 Å². The molecule has 1 unspecified atom stereocenters. The van der Waals surface area contributed by atoms with Gasteiger partial charge in [-0.15, -0.1) is 0 Å². The van der Waals surface area contributed by atoms with Gasteiger partial charge in [-0.05, 0) is 25.3 Å². The van der Waals surface area contributed by atoms with Crippen LogP contribution in [0.3, 0.4) is 0 Å². The number of ether oxygens (including phenoxy) is 1. The zero-order valence-electron chi connectivity index (χ0n) is 11.4. The van der Waals surface area contributed by atoms with Crippen LogP contribution in [-0.2, 0) is 18.6 Å². The third kappa shape index (κ3) is 5.33. The second kappa shape index (κ2) is 6.81. The van der Waals surface area contributed by atoms with Gasteiger partial charge in [0.2, 0.25) is 5.91 Å². The highest BCUT2D eigenvalue weighted by Crippen LogP contribution is 2.38. The smallest absolute Gasteiger partial charge is 0.384 e. The Kier molecular flexibility index (Phi) is 5.29. The van der Waals surface area contributed by atoms with Crippen LogP contribution in [0.1, 0.15) is 25.7 Å². The summed E-state index contributed by atoms with van der Waals surface area (Å²) in [6, 6.07) is 0. The summed E-state index contributed by atoms with van der Waals surface area (Å²) in [4.78, 5) is 32.5. The number of hydrogen-bond donors (Lipinski definition) is 3. The number of amides is 1. The van der Waals surface area contributed by atoms with Crippen molar-refractivity contribution in [2.45, 2.75) is 37.9 Å². The lowest BCUT2D eigenvalue weighted by atomic mass is 9.93. The number of aliphatic imine (C=N–C) groups is 1. The maximum atomic E-state index is 11.4. The molecule has 2 heterocycles. The van der Waals surface area contributed by atoms with Gasteiger partial charge < -0.3 is 20.3 Å². The number of hydrogen-bond acceptors (Lipinski definition) is 5. The number of carbonyl (C=O) groups is 1. The molecule has 4 N–H and O–H groups in total. The third-order valence-electron chi connectivity index (χ3n) is 3.51. The molecule has 0 spiro atoms. The Hall–Kier alpha value is -1.05. The van der Waals surface area contributed by atoms with Crippen LogP contribution in [0.15, 0.2) is 17.1 Å². The molecule has 2 aliphatic rings. The maximum Gasteiger partial charge on any atom is 0.469 e. The quantitative estimate of drug-likeness (QED) is 0.643. The first kappa shape index (κ1) is 16.3. The largest absolute Gasteiger partial charge is 0.469 e. The molecule has 0 aromatic heterocycles. The summed E-state index contributed by atoms with van der Waals surface area (Å²) in [7, 11) is -4.47. The molecule has 1 fully saturated rings. The van der Waals surface area contributed by atoms with Crippen molar-refractivity contribution in [2.24, 2.45) is 16.6 Å². The lowest BCUT2D eigenvalue weighted by Gasteiger charge is -2.21. The Morgan fingerprint density at radius 1 is 1.43 bits per heavy atom. The number of amidine groups is 1. The van der Waals surface area contributed by atoms with Gasteiger partial charge in [-0.1, -0.05) is 6.08 Å². The van der Waals surface area contributed by atoms with E-state index in [1.54, 1.807) is 6.08 Å². The van der Waals surface area contributed by atoms with E-state index in [1.165, 1.54) is 0 Å². The summed E-state index contributed by atoms with van der Waals surface area (Å²) < 4.78 is 20.9. The van der Waals surface area contributed by atoms with Crippen LogP contribution in [0.5, 0.6) is 0 Å². The van der Waals surface area contributed by atoms with E-state index in [2.05, 4.69) is 9.52 Å². The standard InChI is InChI=1S/C12H19N2O6P/c13-11-5-1-8(2-6-12(15)14-11)10-4-3-9(20-10)7-19-21(16,17)18/h1,5,8-10H,2-4,6-7H2,(H2,13,14,15)(H2,16,17,18)/t8-,9+,10?/m1/s1. The summed E-state index contributed by atoms with van der Waals surface area (Å²) in [5.74, 6) is -0.0339. The molecular formula is C12H19N2O6P. The molecule has 0 saturated carbocycles. The van der Waals surface area contributed by atoms with Crippen LogP contribution in [0.25, 0.3) is 0 Å². The van der Waals surface area contributed by atoms with Crippen molar-refractivity contribution in [3.05, 3.63) is 12.2 Å². The molecule has 1 amide bonds. The summed E-state index contributed by atoms with van der Waals surface area (Å²) in [5, 5.41) is 0. The molecule has 21 heavy (non-hydrogen) atoms. The predicted octanol–water partition coefficient (Wildman–Crippen LogP) is 0.493. The van der Waals surface area contributed by atoms with E-state index < -0.39 is 7.82 Å². The second-order valence-corrected chi connectivity index (χ2v) is 6.39. The first-order valence-electron chi connectivity index (χ1n) is 6.74. The highest BCUT2D eigenvalue weighted by Gasteiger charge is 2.32. The second-order valence-electron chi connectivity index (χ2n) is 5.15. The summed E-state index contributed by atoms with van der Waals surface area (Å²) in [5.41, 5.74) is 5.57. The van der Waals surface area contributed by atoms with Gasteiger partial charge in [-0.2, -0.15) is 4.99 Å². The SMILES string of the molecule is NC1=NC(=O)CC[C@H](C2CC[C@@H](COP(=O)(O)O)O2)C=C1. The Morgan fingerprint density at radius 3 is 2.90 bits per heavy atom. The summed E-state index contributed by atoms with van der Waals surface area (Å²) in [6.07, 6.45) is 5.35. The molecule has 9 heteroatoms. The molecule has 0 aliphatic carbocycles. The molecule has 0 aromatic rings. The minimum absolute atomic E-state index is 0.0306. The normalized spacial score (nSPS) is 30.9. The monoisotopic (exact) mass is 318 g/mol. The van der Waals surface area contributed by atoms with Gasteiger partial charge >= 0.3 is 7.82 Å². The topological polar surface area (TPSA) is 131 Å². The van der Waals surface area contributed by atoms with Crippen molar-refractivity contribution in [2.75, 3.05) is 6.61 Å². The Labute approximate surface area is 122 Å². The van der Waals surface area contributed by atoms with Gasteiger partial charge in [0.25, 0.3) is 0 Å². The van der Waals surface area contributed by atoms with E-state index in [1.807, 2.05) is 6.08 Å². The average molecular weight is 318 g/mol. The maximum absolute atomic E-state index is 11.4. The van der Waals surface area contributed by atoms with Crippen LogP contribution in [0.4, 0.5) is 0 Å². The number of nitrogens with zero attached hydrogens (tertiary/aromatic N) is 1. The molecule has 0 aromatic carbocycles. The first-order chi connectivity index (χ1) is 9.83. The Bertz CT molecular complexity index is 500. The fraction of sp³-hybridized carbons (Fsp3) is 0.667. The molecule has 8 nitrogen and oxygen atoms in total. The van der Waals surface area contributed by atoms with Gasteiger partial charge in [0.15, 0.2) is 0 Å². The highest BCUT2D eigenvalue weighted by molar-refractivity contribution is 7.46. The van der Waals surface area contributed by atoms with E-state index in [9.17, 15) is 9.36 Å². The Morgan fingerprint density at radius 2 is 2.19 bits per heavy atom. The van der Waals surface area contributed by atoms with Gasteiger partial charge in [-0.3, -0.25) is 9.32 Å². The van der Waals surface area contributed by atoms with Crippen molar-refractivity contribution in [1.82, 2.24) is 0 Å². The lowest BCUT2D eigenvalue weighted by molar-refractivity contribution is -0.118. The van der Waals surface area contributed by atoms with Crippen LogP contribution < -0.4 is 5.73 Å². The van der Waals surface area contributed by atoms with E-state index in [0.29, 0.717) is 19.3 Å². The fourth-order valence-corrected chi connectivity index (χ4v) is 2.87. The number of nitrogens with two attached hydrogens (primary N) is 1. The van der Waals surface area contributed by atoms with Gasteiger partial charge in [0.05, 0.1) is 18.8 Å². The zero-order chi connectivity index (χ0) is 15.5. The van der Waals surface area contributed by atoms with Crippen molar-refractivity contribution >= 4 is 19.6 Å². The molecule has 118 valence electrons. The molecular weight excluding hydrogens is 299 g/mol. The van der Waals surface area contributed by atoms with Crippen molar-refractivity contribution in [1.29, 1.82) is 0 Å². The number of carbonyl (C=O) groups excluding carboxylic acids is 1. The van der Waals surface area contributed by atoms with Crippen molar-refractivity contribution in [3.8, 4) is 0 Å². The number of phosphoric ester groups is 1. The Balaban J connectivity index is 1.90. The number of rotatable bonds is 4. The minimum atomic E-state index is -4.47. The van der Waals surface area contributed by atoms with Crippen LogP contribution in [-0.4, -0.2) is 40.3 Å². The minimum Gasteiger partial charge on any atom is -0.384 e. The van der Waals surface area contributed by atoms with Crippen LogP contribution >= 0.6 is 7.82 Å². The predicted molar refractivity (Wildman–Crippen MR) is 74.4 cm³/mol. The third-order valence-corrected chi connectivity index (χ3v) is 3.99. The first-order valence-corrected chi connectivity index (χ1v) is 8.27. The molecule has 2 rings (SSSR count). The number of phosphoric acid groups is 1. The van der Waals surface area contributed by atoms with Crippen LogP contribution in [0, 0.1) is 5.92 Å². The van der Waals surface area contributed by atoms with E-state index in [4.69, 9.17) is 20.3 Å². The summed E-state index contributed by atoms with van der Waals surface area (Å²) in [6.45, 7) is -0.139. The average Bonchev–Trinajstić information content (AvgIpc) is 2.82. The van der Waals surface area contributed by atoms with E-state index in [-0.39, 0.29) is 36.5 Å². The van der Waals surface area contributed by atoms with Gasteiger partial charge in [0.1, 0.15) is 5.84 Å². The zero-order valence-corrected chi connectivity index (χ0v) is 12.3. The van der Waals surface area contributed by atoms with Crippen molar-refractivity contribution < 1.29 is 28.4 Å². The van der Waals surface area contributed by atoms with E-state index in [0.717, 1.165) is 6.42 Å². The highest BCUT2D eigenvalue weighted by atomic mass is 31.2. The molecule has 0 bridgehead atoms. The van der Waals surface area contributed by atoms with Gasteiger partial charge in [-0.25, -0.2) is 4.57 Å². The summed E-state index contributed by atoms with van der Waals surface area (Å²) >= 11 is 0. The van der Waals surface area contributed by atoms with E-state index >= 15 is 0 Å². The molecule has 3 atom stereocenters. The van der Waals surface area contributed by atoms with Crippen LogP contribution in [0.2, 0.25) is 0 Å². The molecule has 2 aliphatic heterocycles.